The number of hydrogen-bond donors (Lipinski definition) is 18. The molecular formula is C83H98FN5O26S2. The van der Waals surface area contributed by atoms with E-state index in [2.05, 4.69) is 30.8 Å². The molecule has 0 aliphatic carbocycles. The Balaban J connectivity index is 0.000000138. The summed E-state index contributed by atoms with van der Waals surface area (Å²) in [7, 11) is 2.87. The standard InChI is InChI=1S/C16H19NO4.C16H18O4.C13H17FO5.C13H15NO5.C13H15NO4S.C12H14N2O4S/c1-9-3-4-12-10(2)17(6-5-11(12)7-9)16-15(20)14(19)13(8-18)21-16;1-9-6-10-4-2-3-5-11(10)7-12(9)16-15(19)14(18)13(8-17)20-16;1-6-3-9(18-2)7(4-8(6)14)13-12(17)11(16)10(5-15)19-13;1-18-9-4-7(5-14)2-3-8(9)13-12(17)11(16)10(6-15)19-13;1-7-12-8(3-5-19-12)2-4-14(7)13-11(17)10(16)9(6-15)18-13;1-6-11-7(13-5-19-11)2-3-14(6)12-10(17)9(16)8(4-15)18-12/h3-7,13-16,18-20H,2,8H2,1H3;2-7,13-19H,8H2,1H3;3-4,10-13,15-17H,5H2,1-2H3;2-4,10-13,15-17H,6H2,1H3;2-5,9-11,13,15-17H,1,6H2;2-3,5,8-10,12,15-17H,1,4H2/t13-,14?,15+,16-;13-,14?,15+,16+;2*10-,11?,12+,13+;9-,10?,11+,13-;8-,9?,10+,12-/m111111/s1. The van der Waals surface area contributed by atoms with Crippen LogP contribution in [0.25, 0.3) is 46.1 Å². The molecule has 630 valence electrons. The van der Waals surface area contributed by atoms with Gasteiger partial charge in [0.2, 0.25) is 0 Å². The minimum Gasteiger partial charge on any atom is -0.496 e. The van der Waals surface area contributed by atoms with E-state index < -0.39 is 159 Å². The van der Waals surface area contributed by atoms with Crippen molar-refractivity contribution in [1.82, 2.24) is 19.7 Å². The van der Waals surface area contributed by atoms with Gasteiger partial charge in [-0.15, -0.1) is 22.7 Å². The lowest BCUT2D eigenvalue weighted by Gasteiger charge is -2.34. The van der Waals surface area contributed by atoms with Crippen LogP contribution in [0.1, 0.15) is 89.4 Å². The Labute approximate surface area is 680 Å². The van der Waals surface area contributed by atoms with Gasteiger partial charge < -0.3 is 145 Å². The molecule has 9 aliphatic heterocycles. The van der Waals surface area contributed by atoms with Gasteiger partial charge in [-0.2, -0.15) is 5.26 Å². The van der Waals surface area contributed by atoms with Gasteiger partial charge in [-0.3, -0.25) is 0 Å². The van der Waals surface area contributed by atoms with Crippen molar-refractivity contribution < 1.29 is 134 Å². The molecule has 34 heteroatoms. The zero-order chi connectivity index (χ0) is 84.7. The van der Waals surface area contributed by atoms with Crippen LogP contribution >= 0.6 is 22.7 Å². The number of benzene rings is 5. The Morgan fingerprint density at radius 3 is 1.36 bits per heavy atom. The Morgan fingerprint density at radius 2 is 0.880 bits per heavy atom. The number of halogens is 1. The average Bonchev–Trinajstić information content (AvgIpc) is 1.63. The van der Waals surface area contributed by atoms with Crippen LogP contribution < -0.4 is 9.47 Å². The fraction of sp³-hybridized carbons (Fsp3) is 0.422. The normalized spacial score (nSPS) is 31.6. The van der Waals surface area contributed by atoms with E-state index in [0.717, 1.165) is 65.3 Å². The van der Waals surface area contributed by atoms with Gasteiger partial charge in [0.05, 0.1) is 97.8 Å². The molecule has 0 radical (unpaired) electrons. The van der Waals surface area contributed by atoms with Gasteiger partial charge in [-0.1, -0.05) is 79.9 Å². The smallest absolute Gasteiger partial charge is 0.163 e. The summed E-state index contributed by atoms with van der Waals surface area (Å²) >= 11 is 3.02. The van der Waals surface area contributed by atoms with Crippen molar-refractivity contribution in [2.75, 3.05) is 53.9 Å². The number of rotatable bonds is 14. The number of nitriles is 1. The molecule has 0 saturated carbocycles. The lowest BCUT2D eigenvalue weighted by molar-refractivity contribution is -0.0613. The van der Waals surface area contributed by atoms with E-state index in [1.165, 1.54) is 43.8 Å². The Kier molecular flexibility index (Phi) is 29.9. The zero-order valence-electron chi connectivity index (χ0n) is 64.2. The topological polar surface area (TPSA) is 484 Å². The first-order chi connectivity index (χ1) is 56.0. The van der Waals surface area contributed by atoms with Gasteiger partial charge in [0.1, 0.15) is 145 Å². The number of thiazole rings is 1. The third-order valence-corrected chi connectivity index (χ3v) is 23.3. The number of hydrogen-bond acceptors (Lipinski definition) is 33. The molecule has 0 spiro atoms. The lowest BCUT2D eigenvalue weighted by Crippen LogP contribution is -2.41. The molecule has 2 aromatic heterocycles. The molecule has 9 aliphatic rings. The van der Waals surface area contributed by atoms with Gasteiger partial charge >= 0.3 is 0 Å². The van der Waals surface area contributed by atoms with E-state index in [9.17, 15) is 65.7 Å². The van der Waals surface area contributed by atoms with Gasteiger partial charge in [-0.05, 0) is 119 Å². The van der Waals surface area contributed by atoms with Crippen molar-refractivity contribution in [3.05, 3.63) is 217 Å². The predicted molar refractivity (Wildman–Crippen MR) is 425 cm³/mol. The van der Waals surface area contributed by atoms with Crippen LogP contribution in [-0.2, 0) is 28.4 Å². The number of nitrogens with zero attached hydrogens (tertiary/aromatic N) is 5. The van der Waals surface area contributed by atoms with Crippen LogP contribution in [0.2, 0.25) is 0 Å². The monoisotopic (exact) mass is 1660 g/mol. The molecular weight excluding hydrogens is 1570 g/mol. The van der Waals surface area contributed by atoms with Crippen molar-refractivity contribution >= 4 is 68.8 Å². The molecule has 24 atom stereocenters. The second kappa shape index (κ2) is 39.2. The van der Waals surface area contributed by atoms with Crippen LogP contribution in [0.15, 0.2) is 140 Å². The molecule has 18 N–H and O–H groups in total. The van der Waals surface area contributed by atoms with E-state index in [0.29, 0.717) is 45.1 Å². The summed E-state index contributed by atoms with van der Waals surface area (Å²) in [5, 5.41) is 187. The van der Waals surface area contributed by atoms with Gasteiger partial charge in [0.25, 0.3) is 0 Å². The molecule has 6 saturated heterocycles. The Hall–Kier alpha value is -8.41. The SMILES string of the molecule is C=C1c2ccc(C)cc2C=CN1[C@@H]1O[C@H](CO)C(O)[C@@H]1O.C=C1c2sccc2C=CN1[C@@H]1O[C@H](CO)C(O)[C@@H]1O.C=C1c2scnc2C=CN1[C@@H]1O[C@H](CO)C(O)[C@@H]1O.COc1cc(C#N)ccc1[C@@H]1O[C@H](CO)C(O)[C@@H]1O.COc1cc(C)c(F)cc1[C@@H]1O[C@H](CO)C(O)[C@@H]1O.Cc1cc2ccccc2cc1[C@@H]1O[C@H](CO)C(O)[C@@H]1O. The van der Waals surface area contributed by atoms with Crippen molar-refractivity contribution in [3.63, 3.8) is 0 Å². The maximum atomic E-state index is 13.6. The molecule has 117 heavy (non-hydrogen) atoms. The predicted octanol–water partition coefficient (Wildman–Crippen LogP) is 2.29. The summed E-state index contributed by atoms with van der Waals surface area (Å²) in [4.78, 5) is 11.2. The number of ether oxygens (including phenoxy) is 8. The first-order valence-corrected chi connectivity index (χ1v) is 39.0. The minimum absolute atomic E-state index is 0.304. The highest BCUT2D eigenvalue weighted by atomic mass is 32.1. The summed E-state index contributed by atoms with van der Waals surface area (Å²) in [6.45, 7) is 15.5. The van der Waals surface area contributed by atoms with Crippen molar-refractivity contribution in [2.24, 2.45) is 0 Å². The molecule has 6 unspecified atom stereocenters. The number of methoxy groups -OCH3 is 2. The van der Waals surface area contributed by atoms with E-state index in [1.54, 1.807) is 75.3 Å². The minimum atomic E-state index is -1.24. The second-order valence-corrected chi connectivity index (χ2v) is 30.6. The van der Waals surface area contributed by atoms with E-state index >= 15 is 0 Å². The fourth-order valence-corrected chi connectivity index (χ4v) is 16.4. The van der Waals surface area contributed by atoms with Gasteiger partial charge in [-0.25, -0.2) is 9.37 Å². The van der Waals surface area contributed by atoms with Gasteiger partial charge in [0.15, 0.2) is 18.7 Å². The summed E-state index contributed by atoms with van der Waals surface area (Å²) < 4.78 is 56.9. The van der Waals surface area contributed by atoms with Crippen molar-refractivity contribution in [1.29, 1.82) is 5.26 Å². The first kappa shape index (κ1) is 89.4. The van der Waals surface area contributed by atoms with E-state index in [1.807, 2.05) is 92.0 Å². The van der Waals surface area contributed by atoms with Crippen LogP contribution in [-0.4, -0.2) is 294 Å². The number of aryl methyl sites for hydroxylation is 3. The fourth-order valence-electron chi connectivity index (χ4n) is 14.8. The molecule has 6 fully saturated rings. The third kappa shape index (κ3) is 18.7. The largest absolute Gasteiger partial charge is 0.496 e. The Morgan fingerprint density at radius 1 is 0.444 bits per heavy atom. The lowest BCUT2D eigenvalue weighted by atomic mass is 9.94. The van der Waals surface area contributed by atoms with Crippen molar-refractivity contribution in [3.8, 4) is 17.6 Å². The van der Waals surface area contributed by atoms with Crippen molar-refractivity contribution in [2.45, 2.75) is 168 Å². The number of aromatic nitrogens is 1. The summed E-state index contributed by atoms with van der Waals surface area (Å²) in [6.07, 6.45) is -11.9. The molecule has 5 aromatic carbocycles. The Bertz CT molecular complexity index is 4660. The van der Waals surface area contributed by atoms with Crippen LogP contribution in [0.5, 0.6) is 11.5 Å². The van der Waals surface area contributed by atoms with E-state index in [-0.39, 0.29) is 33.0 Å². The third-order valence-electron chi connectivity index (χ3n) is 21.4. The maximum Gasteiger partial charge on any atom is 0.163 e. The van der Waals surface area contributed by atoms with Crippen LogP contribution in [0, 0.1) is 37.9 Å². The highest BCUT2D eigenvalue weighted by Crippen LogP contribution is 2.44. The zero-order valence-corrected chi connectivity index (χ0v) is 65.9. The van der Waals surface area contributed by atoms with Crippen LogP contribution in [0.4, 0.5) is 4.39 Å². The average molecular weight is 1660 g/mol. The summed E-state index contributed by atoms with van der Waals surface area (Å²) in [5.41, 5.74) is 12.4. The molecule has 0 bridgehead atoms. The number of thiophene rings is 1. The number of aliphatic hydroxyl groups excluding tert-OH is 18. The molecule has 16 rings (SSSR count). The molecule has 31 nitrogen and oxygen atoms in total. The summed E-state index contributed by atoms with van der Waals surface area (Å²) in [6, 6.07) is 29.4. The molecule has 7 aromatic rings. The second-order valence-electron chi connectivity index (χ2n) is 28.8. The van der Waals surface area contributed by atoms with Crippen LogP contribution in [0.3, 0.4) is 0 Å². The summed E-state index contributed by atoms with van der Waals surface area (Å²) in [5.74, 6) is 0.316. The highest BCUT2D eigenvalue weighted by molar-refractivity contribution is 7.11. The van der Waals surface area contributed by atoms with Gasteiger partial charge in [0, 0.05) is 41.0 Å². The van der Waals surface area contributed by atoms with E-state index in [4.69, 9.17) is 73.8 Å². The molecule has 11 heterocycles. The quantitative estimate of drug-likeness (QED) is 0.0742. The number of aliphatic hydroxyl groups is 18. The first-order valence-electron chi connectivity index (χ1n) is 37.3. The highest BCUT2D eigenvalue weighted by Gasteiger charge is 2.51. The molecule has 0 amide bonds. The number of fused-ring (bicyclic) bond motifs is 4. The maximum absolute atomic E-state index is 13.6.